The molecule has 1 atom stereocenters. The van der Waals surface area contributed by atoms with Crippen molar-refractivity contribution in [2.75, 3.05) is 0 Å². The standard InChI is InChI=1S/C13H15ClIN3O/c1-8(2)18-13(16-7-17-18)6-12(19)9-3-4-11(15)10(14)5-9/h3-5,7-8,12,19H,6H2,1-2H3. The predicted molar refractivity (Wildman–Crippen MR) is 83.2 cm³/mol. The molecule has 1 heterocycles. The molecule has 0 aliphatic carbocycles. The third-order valence-electron chi connectivity index (χ3n) is 2.84. The highest BCUT2D eigenvalue weighted by atomic mass is 127. The largest absolute Gasteiger partial charge is 0.388 e. The van der Waals surface area contributed by atoms with Crippen LogP contribution in [0.1, 0.15) is 37.4 Å². The van der Waals surface area contributed by atoms with Gasteiger partial charge in [-0.05, 0) is 54.1 Å². The van der Waals surface area contributed by atoms with Crippen LogP contribution >= 0.6 is 34.2 Å². The van der Waals surface area contributed by atoms with Crippen molar-refractivity contribution in [3.05, 3.63) is 44.5 Å². The Morgan fingerprint density at radius 3 is 2.79 bits per heavy atom. The molecule has 6 heteroatoms. The van der Waals surface area contributed by atoms with Gasteiger partial charge in [0.2, 0.25) is 0 Å². The van der Waals surface area contributed by atoms with Crippen LogP contribution < -0.4 is 0 Å². The molecule has 0 aliphatic heterocycles. The first-order chi connectivity index (χ1) is 8.99. The summed E-state index contributed by atoms with van der Waals surface area (Å²) in [6.07, 6.45) is 1.31. The third-order valence-corrected chi connectivity index (χ3v) is 4.41. The lowest BCUT2D eigenvalue weighted by atomic mass is 10.1. The van der Waals surface area contributed by atoms with E-state index in [0.29, 0.717) is 11.4 Å². The molecule has 0 amide bonds. The van der Waals surface area contributed by atoms with Crippen LogP contribution in [0.15, 0.2) is 24.5 Å². The van der Waals surface area contributed by atoms with Gasteiger partial charge in [-0.1, -0.05) is 17.7 Å². The van der Waals surface area contributed by atoms with Gasteiger partial charge >= 0.3 is 0 Å². The van der Waals surface area contributed by atoms with E-state index in [9.17, 15) is 5.11 Å². The van der Waals surface area contributed by atoms with Gasteiger partial charge in [-0.3, -0.25) is 0 Å². The number of nitrogens with zero attached hydrogens (tertiary/aromatic N) is 3. The Labute approximate surface area is 130 Å². The van der Waals surface area contributed by atoms with E-state index in [4.69, 9.17) is 11.6 Å². The zero-order valence-electron chi connectivity index (χ0n) is 10.7. The molecule has 0 radical (unpaired) electrons. The number of aliphatic hydroxyl groups excluding tert-OH is 1. The Morgan fingerprint density at radius 1 is 1.42 bits per heavy atom. The number of benzene rings is 1. The molecule has 4 nitrogen and oxygen atoms in total. The summed E-state index contributed by atoms with van der Waals surface area (Å²) in [6, 6.07) is 5.80. The molecule has 0 saturated carbocycles. The average Bonchev–Trinajstić information content (AvgIpc) is 2.80. The summed E-state index contributed by atoms with van der Waals surface area (Å²) in [7, 11) is 0. The van der Waals surface area contributed by atoms with Crippen LogP contribution in [0.4, 0.5) is 0 Å². The molecule has 0 spiro atoms. The van der Waals surface area contributed by atoms with Crippen molar-refractivity contribution < 1.29 is 5.11 Å². The Morgan fingerprint density at radius 2 is 2.16 bits per heavy atom. The Hall–Kier alpha value is -0.660. The molecule has 102 valence electrons. The van der Waals surface area contributed by atoms with Crippen LogP contribution in [0.2, 0.25) is 5.02 Å². The smallest absolute Gasteiger partial charge is 0.138 e. The van der Waals surface area contributed by atoms with Gasteiger partial charge in [0.05, 0.1) is 11.1 Å². The highest BCUT2D eigenvalue weighted by molar-refractivity contribution is 14.1. The molecule has 19 heavy (non-hydrogen) atoms. The van der Waals surface area contributed by atoms with Crippen LogP contribution in [0.5, 0.6) is 0 Å². The van der Waals surface area contributed by atoms with Crippen molar-refractivity contribution in [1.82, 2.24) is 14.8 Å². The number of halogens is 2. The first kappa shape index (κ1) is 14.7. The maximum Gasteiger partial charge on any atom is 0.138 e. The van der Waals surface area contributed by atoms with Crippen LogP contribution in [-0.4, -0.2) is 19.9 Å². The van der Waals surface area contributed by atoms with Crippen LogP contribution in [0, 0.1) is 3.57 Å². The Balaban J connectivity index is 2.18. The fourth-order valence-corrected chi connectivity index (χ4v) is 2.39. The maximum atomic E-state index is 10.3. The molecule has 1 aromatic heterocycles. The average molecular weight is 392 g/mol. The molecule has 1 N–H and O–H groups in total. The molecule has 2 aromatic rings. The van der Waals surface area contributed by atoms with Gasteiger partial charge in [-0.2, -0.15) is 5.10 Å². The summed E-state index contributed by atoms with van der Waals surface area (Å²) in [4.78, 5) is 4.20. The van der Waals surface area contributed by atoms with E-state index < -0.39 is 6.10 Å². The quantitative estimate of drug-likeness (QED) is 0.813. The first-order valence-corrected chi connectivity index (χ1v) is 7.46. The molecular formula is C13H15ClIN3O. The van der Waals surface area contributed by atoms with E-state index in [1.54, 1.807) is 6.07 Å². The molecule has 0 aliphatic rings. The first-order valence-electron chi connectivity index (χ1n) is 6.00. The van der Waals surface area contributed by atoms with Gasteiger partial charge in [-0.15, -0.1) is 0 Å². The number of hydrogen-bond acceptors (Lipinski definition) is 3. The van der Waals surface area contributed by atoms with Crippen molar-refractivity contribution in [2.45, 2.75) is 32.4 Å². The van der Waals surface area contributed by atoms with Crippen LogP contribution in [-0.2, 0) is 6.42 Å². The zero-order chi connectivity index (χ0) is 14.0. The minimum atomic E-state index is -0.629. The van der Waals surface area contributed by atoms with Crippen LogP contribution in [0.25, 0.3) is 0 Å². The molecule has 1 aromatic carbocycles. The van der Waals surface area contributed by atoms with Gasteiger partial charge in [0.1, 0.15) is 12.2 Å². The van der Waals surface area contributed by atoms with Crippen LogP contribution in [0.3, 0.4) is 0 Å². The van der Waals surface area contributed by atoms with Gasteiger partial charge in [0.25, 0.3) is 0 Å². The minimum Gasteiger partial charge on any atom is -0.388 e. The summed E-state index contributed by atoms with van der Waals surface area (Å²) in [6.45, 7) is 4.07. The molecular weight excluding hydrogens is 377 g/mol. The third kappa shape index (κ3) is 3.46. The number of hydrogen-bond donors (Lipinski definition) is 1. The van der Waals surface area contributed by atoms with Gasteiger partial charge in [-0.25, -0.2) is 9.67 Å². The zero-order valence-corrected chi connectivity index (χ0v) is 13.6. The second-order valence-corrected chi connectivity index (χ2v) is 6.18. The van der Waals surface area contributed by atoms with E-state index in [0.717, 1.165) is 15.0 Å². The van der Waals surface area contributed by atoms with Crippen molar-refractivity contribution in [3.8, 4) is 0 Å². The lowest BCUT2D eigenvalue weighted by Crippen LogP contribution is -2.12. The molecule has 2 rings (SSSR count). The monoisotopic (exact) mass is 391 g/mol. The van der Waals surface area contributed by atoms with Gasteiger partial charge in [0.15, 0.2) is 0 Å². The van der Waals surface area contributed by atoms with E-state index in [2.05, 4.69) is 32.7 Å². The lowest BCUT2D eigenvalue weighted by Gasteiger charge is -2.14. The van der Waals surface area contributed by atoms with Gasteiger partial charge < -0.3 is 5.11 Å². The minimum absolute atomic E-state index is 0.227. The normalized spacial score (nSPS) is 12.9. The van der Waals surface area contributed by atoms with E-state index in [1.807, 2.05) is 30.7 Å². The number of rotatable bonds is 4. The predicted octanol–water partition coefficient (Wildman–Crippen LogP) is 3.39. The fourth-order valence-electron chi connectivity index (χ4n) is 1.86. The van der Waals surface area contributed by atoms with E-state index in [1.165, 1.54) is 6.33 Å². The molecule has 1 unspecified atom stereocenters. The van der Waals surface area contributed by atoms with E-state index >= 15 is 0 Å². The summed E-state index contributed by atoms with van der Waals surface area (Å²) in [5.74, 6) is 0.775. The lowest BCUT2D eigenvalue weighted by molar-refractivity contribution is 0.173. The Kier molecular flexibility index (Phi) is 4.81. The number of aromatic nitrogens is 3. The summed E-state index contributed by atoms with van der Waals surface area (Å²) >= 11 is 8.23. The molecule has 0 fully saturated rings. The number of aliphatic hydroxyl groups is 1. The summed E-state index contributed by atoms with van der Waals surface area (Å²) < 4.78 is 2.79. The second kappa shape index (κ2) is 6.19. The van der Waals surface area contributed by atoms with Crippen molar-refractivity contribution in [1.29, 1.82) is 0 Å². The van der Waals surface area contributed by atoms with Crippen molar-refractivity contribution >= 4 is 34.2 Å². The topological polar surface area (TPSA) is 50.9 Å². The second-order valence-electron chi connectivity index (χ2n) is 4.61. The SMILES string of the molecule is CC(C)n1ncnc1CC(O)c1ccc(I)c(Cl)c1. The molecule has 0 saturated heterocycles. The maximum absolute atomic E-state index is 10.3. The molecule has 0 bridgehead atoms. The fraction of sp³-hybridized carbons (Fsp3) is 0.385. The highest BCUT2D eigenvalue weighted by Crippen LogP contribution is 2.25. The Bertz CT molecular complexity index is 571. The van der Waals surface area contributed by atoms with Crippen molar-refractivity contribution in [2.24, 2.45) is 0 Å². The highest BCUT2D eigenvalue weighted by Gasteiger charge is 2.15. The van der Waals surface area contributed by atoms with E-state index in [-0.39, 0.29) is 6.04 Å². The van der Waals surface area contributed by atoms with Gasteiger partial charge in [0, 0.05) is 16.0 Å². The summed E-state index contributed by atoms with van der Waals surface area (Å²) in [5, 5.41) is 15.1. The van der Waals surface area contributed by atoms with Crippen molar-refractivity contribution in [3.63, 3.8) is 0 Å². The summed E-state index contributed by atoms with van der Waals surface area (Å²) in [5.41, 5.74) is 0.795.